The van der Waals surface area contributed by atoms with E-state index in [-0.39, 0.29) is 29.3 Å². The highest BCUT2D eigenvalue weighted by Gasteiger charge is 2.24. The maximum atomic E-state index is 12.4. The summed E-state index contributed by atoms with van der Waals surface area (Å²) in [5.41, 5.74) is 1.44. The number of benzene rings is 1. The zero-order chi connectivity index (χ0) is 19.4. The lowest BCUT2D eigenvalue weighted by Crippen LogP contribution is -2.35. The summed E-state index contributed by atoms with van der Waals surface area (Å²) in [5, 5.41) is 7.93. The van der Waals surface area contributed by atoms with Crippen LogP contribution in [0.4, 0.5) is 0 Å². The lowest BCUT2D eigenvalue weighted by Gasteiger charge is -2.12. The lowest BCUT2D eigenvalue weighted by atomic mass is 10.2. The van der Waals surface area contributed by atoms with Crippen molar-refractivity contribution >= 4 is 35.1 Å². The van der Waals surface area contributed by atoms with Crippen molar-refractivity contribution in [3.8, 4) is 0 Å². The molecule has 6 nitrogen and oxygen atoms in total. The van der Waals surface area contributed by atoms with Crippen molar-refractivity contribution in [1.29, 1.82) is 0 Å². The third kappa shape index (κ3) is 4.82. The molecule has 1 aliphatic rings. The van der Waals surface area contributed by atoms with Crippen molar-refractivity contribution in [2.75, 3.05) is 6.61 Å². The quantitative estimate of drug-likeness (QED) is 0.736. The fourth-order valence-electron chi connectivity index (χ4n) is 3.22. The van der Waals surface area contributed by atoms with Gasteiger partial charge in [0.15, 0.2) is 6.61 Å². The number of hydrogen-bond donors (Lipinski definition) is 1. The van der Waals surface area contributed by atoms with Crippen LogP contribution in [0, 0.1) is 6.92 Å². The molecule has 0 aliphatic heterocycles. The molecule has 1 heterocycles. The largest absolute Gasteiger partial charge is 0.452 e. The Morgan fingerprint density at radius 2 is 1.96 bits per heavy atom. The summed E-state index contributed by atoms with van der Waals surface area (Å²) in [7, 11) is 0. The van der Waals surface area contributed by atoms with Crippen LogP contribution in [0.15, 0.2) is 24.3 Å². The van der Waals surface area contributed by atoms with Gasteiger partial charge < -0.3 is 10.1 Å². The minimum atomic E-state index is -0.663. The third-order valence-electron chi connectivity index (χ3n) is 4.60. The molecule has 0 atom stereocenters. The zero-order valence-electron chi connectivity index (χ0n) is 15.0. The summed E-state index contributed by atoms with van der Waals surface area (Å²) in [4.78, 5) is 24.3. The Bertz CT molecular complexity index is 845. The number of aryl methyl sites for hydroxylation is 1. The molecule has 8 heteroatoms. The van der Waals surface area contributed by atoms with E-state index < -0.39 is 5.97 Å². The Hall–Kier alpha value is -2.05. The molecular weight excluding hydrogens is 389 g/mol. The summed E-state index contributed by atoms with van der Waals surface area (Å²) in [6.45, 7) is 1.67. The van der Waals surface area contributed by atoms with Gasteiger partial charge in [0.2, 0.25) is 0 Å². The van der Waals surface area contributed by atoms with Gasteiger partial charge in [0, 0.05) is 11.1 Å². The van der Waals surface area contributed by atoms with E-state index >= 15 is 0 Å². The number of nitrogens with zero attached hydrogens (tertiary/aromatic N) is 2. The number of halogens is 2. The topological polar surface area (TPSA) is 73.2 Å². The first-order chi connectivity index (χ1) is 13.0. The molecule has 3 rings (SSSR count). The SMILES string of the molecule is Cc1nn(Cc2ccccc2Cl)c(Cl)c1C(=O)OCC(=O)NC1CCCC1. The van der Waals surface area contributed by atoms with E-state index in [1.165, 1.54) is 4.68 Å². The predicted octanol–water partition coefficient (Wildman–Crippen LogP) is 3.76. The van der Waals surface area contributed by atoms with Gasteiger partial charge in [-0.3, -0.25) is 4.79 Å². The Morgan fingerprint density at radius 3 is 2.67 bits per heavy atom. The number of nitrogens with one attached hydrogen (secondary N) is 1. The maximum absolute atomic E-state index is 12.4. The van der Waals surface area contributed by atoms with Gasteiger partial charge in [-0.1, -0.05) is 54.2 Å². The fourth-order valence-corrected chi connectivity index (χ4v) is 3.73. The first-order valence-electron chi connectivity index (χ1n) is 8.88. The summed E-state index contributed by atoms with van der Waals surface area (Å²) < 4.78 is 6.63. The highest BCUT2D eigenvalue weighted by atomic mass is 35.5. The molecule has 0 bridgehead atoms. The van der Waals surface area contributed by atoms with Crippen molar-refractivity contribution in [2.24, 2.45) is 0 Å². The van der Waals surface area contributed by atoms with Crippen LogP contribution in [0.1, 0.15) is 47.3 Å². The molecule has 1 aromatic carbocycles. The van der Waals surface area contributed by atoms with Crippen LogP contribution in [-0.4, -0.2) is 34.3 Å². The van der Waals surface area contributed by atoms with Gasteiger partial charge in [-0.25, -0.2) is 9.48 Å². The van der Waals surface area contributed by atoms with E-state index in [1.54, 1.807) is 13.0 Å². The molecule has 1 N–H and O–H groups in total. The highest BCUT2D eigenvalue weighted by molar-refractivity contribution is 6.33. The van der Waals surface area contributed by atoms with Crippen molar-refractivity contribution in [1.82, 2.24) is 15.1 Å². The second-order valence-corrected chi connectivity index (χ2v) is 7.39. The van der Waals surface area contributed by atoms with Crippen LogP contribution in [0.3, 0.4) is 0 Å². The predicted molar refractivity (Wildman–Crippen MR) is 103 cm³/mol. The molecule has 0 unspecified atom stereocenters. The first-order valence-corrected chi connectivity index (χ1v) is 9.64. The van der Waals surface area contributed by atoms with Gasteiger partial charge in [-0.2, -0.15) is 5.10 Å². The highest BCUT2D eigenvalue weighted by Crippen LogP contribution is 2.24. The fraction of sp³-hybridized carbons (Fsp3) is 0.421. The minimum Gasteiger partial charge on any atom is -0.452 e. The van der Waals surface area contributed by atoms with Gasteiger partial charge in [0.05, 0.1) is 12.2 Å². The molecule has 1 fully saturated rings. The zero-order valence-corrected chi connectivity index (χ0v) is 16.5. The summed E-state index contributed by atoms with van der Waals surface area (Å²) >= 11 is 12.5. The Kier molecular flexibility index (Phi) is 6.39. The monoisotopic (exact) mass is 409 g/mol. The molecule has 2 aromatic rings. The van der Waals surface area contributed by atoms with Gasteiger partial charge in [0.25, 0.3) is 5.91 Å². The molecule has 0 radical (unpaired) electrons. The first kappa shape index (κ1) is 19.7. The number of carbonyl (C=O) groups is 2. The normalized spacial score (nSPS) is 14.3. The number of esters is 1. The van der Waals surface area contributed by atoms with Crippen LogP contribution in [0.5, 0.6) is 0 Å². The van der Waals surface area contributed by atoms with E-state index in [0.29, 0.717) is 17.3 Å². The van der Waals surface area contributed by atoms with Gasteiger partial charge >= 0.3 is 5.97 Å². The molecule has 0 spiro atoms. The maximum Gasteiger partial charge on any atom is 0.343 e. The Labute approximate surface area is 167 Å². The third-order valence-corrected chi connectivity index (χ3v) is 5.35. The molecule has 1 aliphatic carbocycles. The number of ether oxygens (including phenoxy) is 1. The van der Waals surface area contributed by atoms with Crippen molar-refractivity contribution in [3.63, 3.8) is 0 Å². The van der Waals surface area contributed by atoms with Crippen LogP contribution < -0.4 is 5.32 Å². The van der Waals surface area contributed by atoms with Gasteiger partial charge in [0.1, 0.15) is 10.7 Å². The van der Waals surface area contributed by atoms with Crippen LogP contribution in [0.2, 0.25) is 10.2 Å². The molecule has 27 heavy (non-hydrogen) atoms. The van der Waals surface area contributed by atoms with Gasteiger partial charge in [-0.15, -0.1) is 0 Å². The average molecular weight is 410 g/mol. The molecule has 1 aromatic heterocycles. The van der Waals surface area contributed by atoms with Crippen LogP contribution in [0.25, 0.3) is 0 Å². The van der Waals surface area contributed by atoms with Crippen molar-refractivity contribution < 1.29 is 14.3 Å². The van der Waals surface area contributed by atoms with E-state index in [9.17, 15) is 9.59 Å². The lowest BCUT2D eigenvalue weighted by molar-refractivity contribution is -0.124. The Morgan fingerprint density at radius 1 is 1.26 bits per heavy atom. The number of hydrogen-bond acceptors (Lipinski definition) is 4. The number of amides is 1. The van der Waals surface area contributed by atoms with Crippen LogP contribution >= 0.6 is 23.2 Å². The molecule has 1 saturated carbocycles. The summed E-state index contributed by atoms with van der Waals surface area (Å²) in [5.74, 6) is -0.961. The minimum absolute atomic E-state index is 0.161. The molecule has 144 valence electrons. The van der Waals surface area contributed by atoms with E-state index in [0.717, 1.165) is 31.2 Å². The molecule has 1 amide bonds. The van der Waals surface area contributed by atoms with Gasteiger partial charge in [-0.05, 0) is 31.4 Å². The van der Waals surface area contributed by atoms with Crippen molar-refractivity contribution in [2.45, 2.75) is 45.2 Å². The van der Waals surface area contributed by atoms with E-state index in [4.69, 9.17) is 27.9 Å². The summed E-state index contributed by atoms with van der Waals surface area (Å²) in [6, 6.07) is 7.52. The molecule has 0 saturated heterocycles. The van der Waals surface area contributed by atoms with Crippen LogP contribution in [-0.2, 0) is 16.1 Å². The second-order valence-electron chi connectivity index (χ2n) is 6.63. The van der Waals surface area contributed by atoms with E-state index in [2.05, 4.69) is 10.4 Å². The standard InChI is InChI=1S/C19H21Cl2N3O3/c1-12-17(19(26)27-11-16(25)22-14-7-3-4-8-14)18(21)24(23-12)10-13-6-2-5-9-15(13)20/h2,5-6,9,14H,3-4,7-8,10-11H2,1H3,(H,22,25). The summed E-state index contributed by atoms with van der Waals surface area (Å²) in [6.07, 6.45) is 4.17. The van der Waals surface area contributed by atoms with Crippen molar-refractivity contribution in [3.05, 3.63) is 51.3 Å². The second kappa shape index (κ2) is 8.76. The number of carbonyl (C=O) groups excluding carboxylic acids is 2. The average Bonchev–Trinajstić information content (AvgIpc) is 3.23. The molecular formula is C19H21Cl2N3O3. The number of aromatic nitrogens is 2. The smallest absolute Gasteiger partial charge is 0.343 e. The number of rotatable bonds is 6. The Balaban J connectivity index is 1.63. The van der Waals surface area contributed by atoms with E-state index in [1.807, 2.05) is 18.2 Å².